The van der Waals surface area contributed by atoms with Crippen LogP contribution in [0.4, 0.5) is 5.69 Å². The summed E-state index contributed by atoms with van der Waals surface area (Å²) in [6, 6.07) is 7.42. The van der Waals surface area contributed by atoms with Gasteiger partial charge in [0.15, 0.2) is 0 Å². The first-order valence-electron chi connectivity index (χ1n) is 5.16. The Morgan fingerprint density at radius 2 is 2.27 bits per heavy atom. The molecule has 0 bridgehead atoms. The van der Waals surface area contributed by atoms with Crippen LogP contribution >= 0.6 is 0 Å². The van der Waals surface area contributed by atoms with Crippen LogP contribution in [0.1, 0.15) is 27.2 Å². The van der Waals surface area contributed by atoms with Gasteiger partial charge in [-0.05, 0) is 25.5 Å². The van der Waals surface area contributed by atoms with E-state index >= 15 is 0 Å². The topological polar surface area (TPSA) is 38.3 Å². The second-order valence-electron chi connectivity index (χ2n) is 3.55. The van der Waals surface area contributed by atoms with Gasteiger partial charge in [-0.25, -0.2) is 0 Å². The SMILES string of the molecule is CCC(C)Oc1cccc(NC(C)=O)c1. The fraction of sp³-hybridized carbons (Fsp3) is 0.417. The number of benzene rings is 1. The largest absolute Gasteiger partial charge is 0.491 e. The number of ether oxygens (including phenoxy) is 1. The van der Waals surface area contributed by atoms with Crippen LogP contribution in [0.3, 0.4) is 0 Å². The average Bonchev–Trinajstić information content (AvgIpc) is 2.17. The fourth-order valence-electron chi connectivity index (χ4n) is 1.17. The average molecular weight is 207 g/mol. The summed E-state index contributed by atoms with van der Waals surface area (Å²) in [6.07, 6.45) is 1.15. The lowest BCUT2D eigenvalue weighted by atomic mass is 10.2. The van der Waals surface area contributed by atoms with Crippen molar-refractivity contribution in [1.29, 1.82) is 0 Å². The molecule has 1 N–H and O–H groups in total. The number of anilines is 1. The summed E-state index contributed by atoms with van der Waals surface area (Å²) in [5.74, 6) is 0.714. The number of nitrogens with one attached hydrogen (secondary N) is 1. The van der Waals surface area contributed by atoms with E-state index in [9.17, 15) is 4.79 Å². The maximum atomic E-state index is 10.9. The maximum absolute atomic E-state index is 10.9. The predicted molar refractivity (Wildman–Crippen MR) is 61.1 cm³/mol. The van der Waals surface area contributed by atoms with Gasteiger partial charge in [0.05, 0.1) is 6.10 Å². The molecule has 1 aromatic rings. The molecule has 1 atom stereocenters. The standard InChI is InChI=1S/C12H17NO2/c1-4-9(2)15-12-7-5-6-11(8-12)13-10(3)14/h5-9H,4H2,1-3H3,(H,13,14). The summed E-state index contributed by atoms with van der Waals surface area (Å²) < 4.78 is 5.63. The van der Waals surface area contributed by atoms with E-state index < -0.39 is 0 Å². The van der Waals surface area contributed by atoms with Crippen molar-refractivity contribution in [3.8, 4) is 5.75 Å². The van der Waals surface area contributed by atoms with Crippen LogP contribution in [0.25, 0.3) is 0 Å². The van der Waals surface area contributed by atoms with E-state index in [0.717, 1.165) is 17.9 Å². The summed E-state index contributed by atoms with van der Waals surface area (Å²) in [4.78, 5) is 10.9. The van der Waals surface area contributed by atoms with Gasteiger partial charge in [-0.1, -0.05) is 13.0 Å². The van der Waals surface area contributed by atoms with Gasteiger partial charge in [-0.3, -0.25) is 4.79 Å². The van der Waals surface area contributed by atoms with Gasteiger partial charge in [0.25, 0.3) is 0 Å². The number of rotatable bonds is 4. The van der Waals surface area contributed by atoms with Crippen LogP contribution in [-0.4, -0.2) is 12.0 Å². The number of carbonyl (C=O) groups excluding carboxylic acids is 1. The summed E-state index contributed by atoms with van der Waals surface area (Å²) in [5, 5.41) is 2.72. The molecule has 0 aliphatic carbocycles. The highest BCUT2D eigenvalue weighted by molar-refractivity contribution is 5.88. The zero-order valence-electron chi connectivity index (χ0n) is 9.41. The molecule has 1 amide bonds. The number of hydrogen-bond acceptors (Lipinski definition) is 2. The molecule has 1 aromatic carbocycles. The van der Waals surface area contributed by atoms with Crippen molar-refractivity contribution in [2.75, 3.05) is 5.32 Å². The highest BCUT2D eigenvalue weighted by atomic mass is 16.5. The zero-order valence-corrected chi connectivity index (χ0v) is 9.41. The molecule has 3 nitrogen and oxygen atoms in total. The van der Waals surface area contributed by atoms with Crippen molar-refractivity contribution < 1.29 is 9.53 Å². The molecular formula is C12H17NO2. The summed E-state index contributed by atoms with van der Waals surface area (Å²) >= 11 is 0. The van der Waals surface area contributed by atoms with Gasteiger partial charge >= 0.3 is 0 Å². The van der Waals surface area contributed by atoms with E-state index in [1.165, 1.54) is 6.92 Å². The Balaban J connectivity index is 2.69. The first-order chi connectivity index (χ1) is 7.11. The molecule has 82 valence electrons. The van der Waals surface area contributed by atoms with Crippen LogP contribution in [0.2, 0.25) is 0 Å². The van der Waals surface area contributed by atoms with Gasteiger partial charge in [-0.15, -0.1) is 0 Å². The number of hydrogen-bond donors (Lipinski definition) is 1. The fourth-order valence-corrected chi connectivity index (χ4v) is 1.17. The summed E-state index contributed by atoms with van der Waals surface area (Å²) in [5.41, 5.74) is 0.767. The highest BCUT2D eigenvalue weighted by Gasteiger charge is 2.02. The molecule has 0 heterocycles. The van der Waals surface area contributed by atoms with Gasteiger partial charge in [0.2, 0.25) is 5.91 Å². The van der Waals surface area contributed by atoms with Gasteiger partial charge < -0.3 is 10.1 Å². The van der Waals surface area contributed by atoms with Crippen LogP contribution in [0.5, 0.6) is 5.75 Å². The molecule has 0 aliphatic rings. The zero-order chi connectivity index (χ0) is 11.3. The Morgan fingerprint density at radius 3 is 2.87 bits per heavy atom. The molecule has 0 aromatic heterocycles. The van der Waals surface area contributed by atoms with Crippen molar-refractivity contribution >= 4 is 11.6 Å². The molecular weight excluding hydrogens is 190 g/mol. The highest BCUT2D eigenvalue weighted by Crippen LogP contribution is 2.18. The van der Waals surface area contributed by atoms with Gasteiger partial charge in [0.1, 0.15) is 5.75 Å². The quantitative estimate of drug-likeness (QED) is 0.824. The first kappa shape index (κ1) is 11.6. The Bertz CT molecular complexity index is 336. The lowest BCUT2D eigenvalue weighted by Crippen LogP contribution is -2.10. The van der Waals surface area contributed by atoms with Gasteiger partial charge in [0, 0.05) is 18.7 Å². The third-order valence-corrected chi connectivity index (χ3v) is 2.07. The first-order valence-corrected chi connectivity index (χ1v) is 5.16. The van der Waals surface area contributed by atoms with E-state index in [-0.39, 0.29) is 12.0 Å². The lowest BCUT2D eigenvalue weighted by Gasteiger charge is -2.13. The van der Waals surface area contributed by atoms with Crippen LogP contribution in [0.15, 0.2) is 24.3 Å². The molecule has 0 aliphatic heterocycles. The number of amides is 1. The molecule has 1 unspecified atom stereocenters. The minimum atomic E-state index is -0.0734. The maximum Gasteiger partial charge on any atom is 0.221 e. The predicted octanol–water partition coefficient (Wildman–Crippen LogP) is 2.82. The number of carbonyl (C=O) groups is 1. The third kappa shape index (κ3) is 4.02. The normalized spacial score (nSPS) is 11.9. The Hall–Kier alpha value is -1.51. The molecule has 15 heavy (non-hydrogen) atoms. The molecule has 0 fully saturated rings. The lowest BCUT2D eigenvalue weighted by molar-refractivity contribution is -0.114. The van der Waals surface area contributed by atoms with Gasteiger partial charge in [-0.2, -0.15) is 0 Å². The Labute approximate surface area is 90.4 Å². The minimum Gasteiger partial charge on any atom is -0.491 e. The van der Waals surface area contributed by atoms with Crippen LogP contribution < -0.4 is 10.1 Å². The van der Waals surface area contributed by atoms with Crippen molar-refractivity contribution in [2.24, 2.45) is 0 Å². The second kappa shape index (κ2) is 5.39. The van der Waals surface area contributed by atoms with E-state index in [1.54, 1.807) is 0 Å². The monoisotopic (exact) mass is 207 g/mol. The smallest absolute Gasteiger partial charge is 0.221 e. The molecule has 0 saturated heterocycles. The van der Waals surface area contributed by atoms with E-state index in [2.05, 4.69) is 12.2 Å². The Morgan fingerprint density at radius 1 is 1.53 bits per heavy atom. The Kier molecular flexibility index (Phi) is 4.16. The van der Waals surface area contributed by atoms with Crippen LogP contribution in [0, 0.1) is 0 Å². The molecule has 3 heteroatoms. The third-order valence-electron chi connectivity index (χ3n) is 2.07. The molecule has 0 spiro atoms. The second-order valence-corrected chi connectivity index (χ2v) is 3.55. The van der Waals surface area contributed by atoms with Crippen molar-refractivity contribution in [2.45, 2.75) is 33.3 Å². The molecule has 0 saturated carbocycles. The van der Waals surface area contributed by atoms with E-state index in [1.807, 2.05) is 31.2 Å². The summed E-state index contributed by atoms with van der Waals surface area (Å²) in [6.45, 7) is 5.58. The summed E-state index contributed by atoms with van der Waals surface area (Å²) in [7, 11) is 0. The minimum absolute atomic E-state index is 0.0734. The van der Waals surface area contributed by atoms with E-state index in [0.29, 0.717) is 0 Å². The van der Waals surface area contributed by atoms with Crippen molar-refractivity contribution in [3.05, 3.63) is 24.3 Å². The molecule has 0 radical (unpaired) electrons. The molecule has 1 rings (SSSR count). The van der Waals surface area contributed by atoms with Crippen LogP contribution in [-0.2, 0) is 4.79 Å². The van der Waals surface area contributed by atoms with Crippen molar-refractivity contribution in [3.63, 3.8) is 0 Å². The van der Waals surface area contributed by atoms with E-state index in [4.69, 9.17) is 4.74 Å². The van der Waals surface area contributed by atoms with Crippen molar-refractivity contribution in [1.82, 2.24) is 0 Å².